The standard InChI is InChI=1S/C18H17F3NO2/c19-18(20,21)13-3-5-16(6-4-13)24-17-9-7-15(8-10-17)23-12-14-2-1-11-22-14/h3-10,14H,1-2,11-12H2/t14-/m0/s1. The number of hydrogen-bond acceptors (Lipinski definition) is 2. The first-order valence-electron chi connectivity index (χ1n) is 7.75. The van der Waals surface area contributed by atoms with Crippen molar-refractivity contribution >= 4 is 0 Å². The minimum atomic E-state index is -4.34. The Hall–Kier alpha value is -2.21. The molecular weight excluding hydrogens is 319 g/mol. The topological polar surface area (TPSA) is 32.6 Å². The van der Waals surface area contributed by atoms with Crippen molar-refractivity contribution in [2.75, 3.05) is 13.2 Å². The van der Waals surface area contributed by atoms with Crippen LogP contribution in [-0.2, 0) is 6.18 Å². The highest BCUT2D eigenvalue weighted by Crippen LogP contribution is 2.31. The van der Waals surface area contributed by atoms with Crippen LogP contribution in [0.3, 0.4) is 0 Å². The van der Waals surface area contributed by atoms with Crippen molar-refractivity contribution in [3.05, 3.63) is 54.1 Å². The molecule has 1 heterocycles. The summed E-state index contributed by atoms with van der Waals surface area (Å²) in [6.07, 6.45) is -2.16. The monoisotopic (exact) mass is 336 g/mol. The van der Waals surface area contributed by atoms with Crippen LogP contribution in [0.4, 0.5) is 13.2 Å². The van der Waals surface area contributed by atoms with Crippen molar-refractivity contribution in [2.24, 2.45) is 0 Å². The molecule has 0 aliphatic carbocycles. The zero-order valence-corrected chi connectivity index (χ0v) is 12.9. The van der Waals surface area contributed by atoms with Crippen molar-refractivity contribution in [1.82, 2.24) is 5.32 Å². The fraction of sp³-hybridized carbons (Fsp3) is 0.333. The summed E-state index contributed by atoms with van der Waals surface area (Å²) in [7, 11) is 0. The van der Waals surface area contributed by atoms with Crippen molar-refractivity contribution in [3.8, 4) is 17.2 Å². The van der Waals surface area contributed by atoms with Gasteiger partial charge in [-0.1, -0.05) is 0 Å². The summed E-state index contributed by atoms with van der Waals surface area (Å²) in [4.78, 5) is 0. The van der Waals surface area contributed by atoms with Crippen molar-refractivity contribution in [1.29, 1.82) is 0 Å². The first-order valence-corrected chi connectivity index (χ1v) is 7.75. The molecule has 1 aliphatic heterocycles. The number of benzene rings is 2. The van der Waals surface area contributed by atoms with E-state index in [2.05, 4.69) is 5.32 Å². The van der Waals surface area contributed by atoms with Crippen molar-refractivity contribution < 1.29 is 22.6 Å². The molecule has 24 heavy (non-hydrogen) atoms. The van der Waals surface area contributed by atoms with Gasteiger partial charge >= 0.3 is 6.18 Å². The van der Waals surface area contributed by atoms with Gasteiger partial charge in [0.2, 0.25) is 0 Å². The van der Waals surface area contributed by atoms with E-state index < -0.39 is 11.7 Å². The normalized spacial score (nSPS) is 17.7. The second-order valence-corrected chi connectivity index (χ2v) is 5.61. The van der Waals surface area contributed by atoms with Crippen LogP contribution in [0.1, 0.15) is 18.4 Å². The first kappa shape index (κ1) is 16.6. The molecule has 1 atom stereocenters. The molecule has 3 nitrogen and oxygen atoms in total. The highest BCUT2D eigenvalue weighted by atomic mass is 19.4. The van der Waals surface area contributed by atoms with E-state index >= 15 is 0 Å². The molecule has 127 valence electrons. The molecule has 1 aliphatic rings. The predicted molar refractivity (Wildman–Crippen MR) is 83.5 cm³/mol. The molecule has 3 rings (SSSR count). The van der Waals surface area contributed by atoms with E-state index in [0.717, 1.165) is 37.3 Å². The second-order valence-electron chi connectivity index (χ2n) is 5.61. The van der Waals surface area contributed by atoms with Gasteiger partial charge in [-0.25, -0.2) is 5.32 Å². The molecule has 0 saturated carbocycles. The molecule has 0 aromatic heterocycles. The molecule has 0 spiro atoms. The minimum absolute atomic E-state index is 0.271. The minimum Gasteiger partial charge on any atom is -0.492 e. The fourth-order valence-electron chi connectivity index (χ4n) is 2.47. The van der Waals surface area contributed by atoms with E-state index in [0.29, 0.717) is 18.1 Å². The summed E-state index contributed by atoms with van der Waals surface area (Å²) in [5, 5.41) is 4.42. The largest absolute Gasteiger partial charge is 0.492 e. The van der Waals surface area contributed by atoms with E-state index in [1.54, 1.807) is 24.3 Å². The van der Waals surface area contributed by atoms with Crippen LogP contribution in [0.25, 0.3) is 0 Å². The van der Waals surface area contributed by atoms with Gasteiger partial charge in [-0.3, -0.25) is 0 Å². The molecular formula is C18H17F3NO2. The van der Waals surface area contributed by atoms with Crippen LogP contribution in [0.5, 0.6) is 17.2 Å². The Morgan fingerprint density at radius 1 is 0.917 bits per heavy atom. The maximum Gasteiger partial charge on any atom is 0.416 e. The second kappa shape index (κ2) is 7.13. The molecule has 6 heteroatoms. The number of halogens is 3. The van der Waals surface area contributed by atoms with Crippen LogP contribution in [0, 0.1) is 0 Å². The average Bonchev–Trinajstić information content (AvgIpc) is 3.07. The third kappa shape index (κ3) is 4.41. The van der Waals surface area contributed by atoms with Crippen LogP contribution in [0.15, 0.2) is 48.5 Å². The van der Waals surface area contributed by atoms with Crippen LogP contribution < -0.4 is 14.8 Å². The average molecular weight is 336 g/mol. The Labute approximate surface area is 138 Å². The molecule has 1 fully saturated rings. The SMILES string of the molecule is FC(F)(F)c1ccc(Oc2ccc(OC[C@@H]3CCC[N]3)cc2)cc1. The Morgan fingerprint density at radius 3 is 2.04 bits per heavy atom. The molecule has 2 aromatic rings. The first-order chi connectivity index (χ1) is 11.5. The third-order valence-corrected chi connectivity index (χ3v) is 3.77. The number of nitrogens with zero attached hydrogens (tertiary/aromatic N) is 1. The van der Waals surface area contributed by atoms with Crippen LogP contribution in [-0.4, -0.2) is 19.2 Å². The number of rotatable bonds is 5. The third-order valence-electron chi connectivity index (χ3n) is 3.77. The highest BCUT2D eigenvalue weighted by molar-refractivity contribution is 5.36. The van der Waals surface area contributed by atoms with Gasteiger partial charge in [-0.15, -0.1) is 0 Å². The van der Waals surface area contributed by atoms with Gasteiger partial charge in [0.1, 0.15) is 23.9 Å². The molecule has 2 aromatic carbocycles. The predicted octanol–water partition coefficient (Wildman–Crippen LogP) is 4.64. The number of alkyl halides is 3. The van der Waals surface area contributed by atoms with Crippen molar-refractivity contribution in [2.45, 2.75) is 25.1 Å². The van der Waals surface area contributed by atoms with Crippen molar-refractivity contribution in [3.63, 3.8) is 0 Å². The molecule has 1 saturated heterocycles. The molecule has 0 bridgehead atoms. The summed E-state index contributed by atoms with van der Waals surface area (Å²) in [5.74, 6) is 1.60. The summed E-state index contributed by atoms with van der Waals surface area (Å²) < 4.78 is 48.8. The maximum atomic E-state index is 12.5. The quantitative estimate of drug-likeness (QED) is 0.796. The number of hydrogen-bond donors (Lipinski definition) is 0. The Bertz CT molecular complexity index is 647. The molecule has 0 unspecified atom stereocenters. The van der Waals surface area contributed by atoms with Gasteiger partial charge < -0.3 is 9.47 Å². The lowest BCUT2D eigenvalue weighted by atomic mass is 10.2. The molecule has 0 amide bonds. The Balaban J connectivity index is 1.55. The van der Waals surface area contributed by atoms with Gasteiger partial charge in [0.25, 0.3) is 0 Å². The Kier molecular flexibility index (Phi) is 4.94. The lowest BCUT2D eigenvalue weighted by molar-refractivity contribution is -0.137. The van der Waals surface area contributed by atoms with E-state index in [-0.39, 0.29) is 6.04 Å². The van der Waals surface area contributed by atoms with Gasteiger partial charge in [0.15, 0.2) is 0 Å². The lowest BCUT2D eigenvalue weighted by Gasteiger charge is -2.12. The van der Waals surface area contributed by atoms with Crippen LogP contribution >= 0.6 is 0 Å². The van der Waals surface area contributed by atoms with Crippen LogP contribution in [0.2, 0.25) is 0 Å². The van der Waals surface area contributed by atoms with Gasteiger partial charge in [0, 0.05) is 6.54 Å². The van der Waals surface area contributed by atoms with E-state index in [4.69, 9.17) is 9.47 Å². The zero-order chi connectivity index (χ0) is 17.0. The fourth-order valence-corrected chi connectivity index (χ4v) is 2.47. The van der Waals surface area contributed by atoms with Gasteiger partial charge in [-0.05, 0) is 61.4 Å². The lowest BCUT2D eigenvalue weighted by Crippen LogP contribution is -2.22. The van der Waals surface area contributed by atoms with E-state index in [1.807, 2.05) is 0 Å². The Morgan fingerprint density at radius 2 is 1.50 bits per heavy atom. The van der Waals surface area contributed by atoms with E-state index in [1.165, 1.54) is 12.1 Å². The van der Waals surface area contributed by atoms with Gasteiger partial charge in [0.05, 0.1) is 11.6 Å². The summed E-state index contributed by atoms with van der Waals surface area (Å²) in [6.45, 7) is 1.48. The zero-order valence-electron chi connectivity index (χ0n) is 12.9. The van der Waals surface area contributed by atoms with E-state index in [9.17, 15) is 13.2 Å². The summed E-state index contributed by atoms with van der Waals surface area (Å²) >= 11 is 0. The number of ether oxygens (including phenoxy) is 2. The summed E-state index contributed by atoms with van der Waals surface area (Å²) in [6, 6.07) is 11.9. The molecule has 1 radical (unpaired) electrons. The molecule has 0 N–H and O–H groups in total. The van der Waals surface area contributed by atoms with Gasteiger partial charge in [-0.2, -0.15) is 13.2 Å². The summed E-state index contributed by atoms with van der Waals surface area (Å²) in [5.41, 5.74) is -0.698. The smallest absolute Gasteiger partial charge is 0.416 e. The highest BCUT2D eigenvalue weighted by Gasteiger charge is 2.30. The maximum absolute atomic E-state index is 12.5.